The molecule has 0 aromatic heterocycles. The first-order chi connectivity index (χ1) is 6.77. The normalized spacial score (nSPS) is 18.4. The van der Waals surface area contributed by atoms with Crippen molar-refractivity contribution in [3.8, 4) is 0 Å². The number of benzene rings is 1. The summed E-state index contributed by atoms with van der Waals surface area (Å²) in [5.74, 6) is 0.711. The first kappa shape index (κ1) is 10.7. The van der Waals surface area contributed by atoms with Gasteiger partial charge in [-0.15, -0.1) is 0 Å². The Labute approximate surface area is 102 Å². The molecule has 0 saturated carbocycles. The molecule has 1 heterocycles. The molecule has 0 aliphatic carbocycles. The van der Waals surface area contributed by atoms with Gasteiger partial charge < -0.3 is 5.32 Å². The minimum atomic E-state index is 0.711. The summed E-state index contributed by atoms with van der Waals surface area (Å²) in [6.45, 7) is 2.28. The van der Waals surface area contributed by atoms with Gasteiger partial charge >= 0.3 is 0 Å². The third kappa shape index (κ3) is 2.38. The molecule has 0 spiro atoms. The van der Waals surface area contributed by atoms with E-state index in [9.17, 15) is 0 Å². The lowest BCUT2D eigenvalue weighted by Crippen LogP contribution is -2.26. The monoisotopic (exact) mass is 317 g/mol. The SMILES string of the molecule is Brc1ccc(Br)c(C2CCNCC2)c1. The van der Waals surface area contributed by atoms with Crippen LogP contribution in [-0.4, -0.2) is 13.1 Å². The van der Waals surface area contributed by atoms with Gasteiger partial charge in [-0.3, -0.25) is 0 Å². The summed E-state index contributed by atoms with van der Waals surface area (Å²) >= 11 is 7.15. The fourth-order valence-electron chi connectivity index (χ4n) is 1.96. The zero-order valence-electron chi connectivity index (χ0n) is 7.89. The third-order valence-electron chi connectivity index (χ3n) is 2.74. The van der Waals surface area contributed by atoms with Crippen molar-refractivity contribution < 1.29 is 0 Å². The van der Waals surface area contributed by atoms with E-state index in [2.05, 4.69) is 55.4 Å². The zero-order valence-corrected chi connectivity index (χ0v) is 11.1. The van der Waals surface area contributed by atoms with E-state index in [1.54, 1.807) is 0 Å². The van der Waals surface area contributed by atoms with Crippen molar-refractivity contribution in [2.45, 2.75) is 18.8 Å². The van der Waals surface area contributed by atoms with Gasteiger partial charge in [-0.05, 0) is 55.6 Å². The minimum Gasteiger partial charge on any atom is -0.317 e. The van der Waals surface area contributed by atoms with Crippen LogP contribution in [0.5, 0.6) is 0 Å². The highest BCUT2D eigenvalue weighted by Gasteiger charge is 2.17. The third-order valence-corrected chi connectivity index (χ3v) is 3.95. The van der Waals surface area contributed by atoms with Gasteiger partial charge in [-0.1, -0.05) is 31.9 Å². The van der Waals surface area contributed by atoms with Crippen LogP contribution in [0, 0.1) is 0 Å². The molecule has 1 aliphatic heterocycles. The van der Waals surface area contributed by atoms with Gasteiger partial charge in [0.2, 0.25) is 0 Å². The number of hydrogen-bond donors (Lipinski definition) is 1. The van der Waals surface area contributed by atoms with Crippen LogP contribution in [0.1, 0.15) is 24.3 Å². The minimum absolute atomic E-state index is 0.711. The van der Waals surface area contributed by atoms with Gasteiger partial charge in [0, 0.05) is 8.95 Å². The Bertz CT molecular complexity index is 319. The molecule has 0 radical (unpaired) electrons. The molecule has 0 unspecified atom stereocenters. The lowest BCUT2D eigenvalue weighted by Gasteiger charge is -2.24. The molecule has 2 rings (SSSR count). The van der Waals surface area contributed by atoms with Crippen LogP contribution in [0.3, 0.4) is 0 Å². The molecule has 0 bridgehead atoms. The number of nitrogens with one attached hydrogen (secondary N) is 1. The van der Waals surface area contributed by atoms with Crippen LogP contribution >= 0.6 is 31.9 Å². The molecule has 1 fully saturated rings. The van der Waals surface area contributed by atoms with Gasteiger partial charge in [-0.2, -0.15) is 0 Å². The number of piperidine rings is 1. The summed E-state index contributed by atoms with van der Waals surface area (Å²) in [7, 11) is 0. The quantitative estimate of drug-likeness (QED) is 0.833. The first-order valence-corrected chi connectivity index (χ1v) is 6.51. The Kier molecular flexibility index (Phi) is 3.63. The number of halogens is 2. The maximum atomic E-state index is 3.62. The Morgan fingerprint density at radius 2 is 1.86 bits per heavy atom. The zero-order chi connectivity index (χ0) is 9.97. The van der Waals surface area contributed by atoms with Crippen molar-refractivity contribution in [3.05, 3.63) is 32.7 Å². The van der Waals surface area contributed by atoms with Crippen LogP contribution in [0.2, 0.25) is 0 Å². The lowest BCUT2D eigenvalue weighted by atomic mass is 9.90. The average molecular weight is 319 g/mol. The van der Waals surface area contributed by atoms with Crippen LogP contribution in [0.4, 0.5) is 0 Å². The predicted octanol–water partition coefficient (Wildman–Crippen LogP) is 3.68. The van der Waals surface area contributed by atoms with Crippen LogP contribution < -0.4 is 5.32 Å². The summed E-state index contributed by atoms with van der Waals surface area (Å²) < 4.78 is 2.42. The summed E-state index contributed by atoms with van der Waals surface area (Å²) in [6, 6.07) is 6.44. The highest BCUT2D eigenvalue weighted by molar-refractivity contribution is 9.11. The molecular weight excluding hydrogens is 306 g/mol. The summed E-state index contributed by atoms with van der Waals surface area (Å²) in [5, 5.41) is 3.39. The van der Waals surface area contributed by atoms with E-state index in [0.29, 0.717) is 5.92 Å². The van der Waals surface area contributed by atoms with Crippen molar-refractivity contribution in [2.24, 2.45) is 0 Å². The molecule has 1 nitrogen and oxygen atoms in total. The summed E-state index contributed by atoms with van der Waals surface area (Å²) in [4.78, 5) is 0. The van der Waals surface area contributed by atoms with Crippen molar-refractivity contribution in [1.29, 1.82) is 0 Å². The molecule has 1 N–H and O–H groups in total. The van der Waals surface area contributed by atoms with E-state index >= 15 is 0 Å². The first-order valence-electron chi connectivity index (χ1n) is 4.93. The van der Waals surface area contributed by atoms with Crippen molar-refractivity contribution in [3.63, 3.8) is 0 Å². The van der Waals surface area contributed by atoms with Crippen LogP contribution in [-0.2, 0) is 0 Å². The van der Waals surface area contributed by atoms with Gasteiger partial charge in [0.15, 0.2) is 0 Å². The van der Waals surface area contributed by atoms with E-state index in [1.807, 2.05) is 0 Å². The molecule has 1 saturated heterocycles. The largest absolute Gasteiger partial charge is 0.317 e. The van der Waals surface area contributed by atoms with E-state index in [0.717, 1.165) is 13.1 Å². The standard InChI is InChI=1S/C11H13Br2N/c12-9-1-2-11(13)10(7-9)8-3-5-14-6-4-8/h1-2,7-8,14H,3-6H2. The Morgan fingerprint density at radius 1 is 1.14 bits per heavy atom. The summed E-state index contributed by atoms with van der Waals surface area (Å²) in [6.07, 6.45) is 2.49. The van der Waals surface area contributed by atoms with Crippen LogP contribution in [0.15, 0.2) is 27.1 Å². The maximum Gasteiger partial charge on any atom is 0.0210 e. The van der Waals surface area contributed by atoms with Gasteiger partial charge in [-0.25, -0.2) is 0 Å². The van der Waals surface area contributed by atoms with E-state index in [-0.39, 0.29) is 0 Å². The maximum absolute atomic E-state index is 3.62. The second kappa shape index (κ2) is 4.77. The summed E-state index contributed by atoms with van der Waals surface area (Å²) in [5.41, 5.74) is 1.45. The highest BCUT2D eigenvalue weighted by atomic mass is 79.9. The Morgan fingerprint density at radius 3 is 2.57 bits per heavy atom. The Balaban J connectivity index is 2.24. The van der Waals surface area contributed by atoms with E-state index in [1.165, 1.54) is 27.4 Å². The molecule has 76 valence electrons. The van der Waals surface area contributed by atoms with Gasteiger partial charge in [0.1, 0.15) is 0 Å². The molecule has 1 aromatic rings. The lowest BCUT2D eigenvalue weighted by molar-refractivity contribution is 0.459. The van der Waals surface area contributed by atoms with Gasteiger partial charge in [0.25, 0.3) is 0 Å². The Hall–Kier alpha value is 0.140. The molecule has 1 aromatic carbocycles. The molecule has 3 heteroatoms. The van der Waals surface area contributed by atoms with Gasteiger partial charge in [0.05, 0.1) is 0 Å². The topological polar surface area (TPSA) is 12.0 Å². The second-order valence-corrected chi connectivity index (χ2v) is 5.46. The second-order valence-electron chi connectivity index (χ2n) is 3.69. The highest BCUT2D eigenvalue weighted by Crippen LogP contribution is 2.33. The van der Waals surface area contributed by atoms with Crippen molar-refractivity contribution in [1.82, 2.24) is 5.32 Å². The molecule has 1 aliphatic rings. The average Bonchev–Trinajstić information content (AvgIpc) is 2.23. The number of rotatable bonds is 1. The fraction of sp³-hybridized carbons (Fsp3) is 0.455. The predicted molar refractivity (Wildman–Crippen MR) is 66.7 cm³/mol. The molecule has 0 amide bonds. The number of hydrogen-bond acceptors (Lipinski definition) is 1. The van der Waals surface area contributed by atoms with E-state index in [4.69, 9.17) is 0 Å². The van der Waals surface area contributed by atoms with E-state index < -0.39 is 0 Å². The fourth-order valence-corrected chi connectivity index (χ4v) is 2.91. The van der Waals surface area contributed by atoms with Crippen LogP contribution in [0.25, 0.3) is 0 Å². The smallest absolute Gasteiger partial charge is 0.0210 e. The molecular formula is C11H13Br2N. The van der Waals surface area contributed by atoms with Crippen molar-refractivity contribution in [2.75, 3.05) is 13.1 Å². The van der Waals surface area contributed by atoms with Crippen molar-refractivity contribution >= 4 is 31.9 Å². The molecule has 0 atom stereocenters. The molecule has 14 heavy (non-hydrogen) atoms.